The van der Waals surface area contributed by atoms with Gasteiger partial charge in [-0.2, -0.15) is 0 Å². The molecule has 0 saturated carbocycles. The van der Waals surface area contributed by atoms with Crippen molar-refractivity contribution >= 4 is 22.2 Å². The smallest absolute Gasteiger partial charge is 0.872 e. The minimum absolute atomic E-state index is 0. The van der Waals surface area contributed by atoms with Crippen molar-refractivity contribution in [3.8, 4) is 5.75 Å². The van der Waals surface area contributed by atoms with Gasteiger partial charge in [-0.15, -0.1) is 0 Å². The van der Waals surface area contributed by atoms with Crippen molar-refractivity contribution in [1.82, 2.24) is 0 Å². The molecule has 0 atom stereocenters. The van der Waals surface area contributed by atoms with Crippen LogP contribution in [0.15, 0.2) is 22.7 Å². The van der Waals surface area contributed by atoms with Crippen molar-refractivity contribution in [2.45, 2.75) is 0 Å². The second-order valence-corrected chi connectivity index (χ2v) is 2.57. The third-order valence-electron chi connectivity index (χ3n) is 1.12. The molecule has 11 heavy (non-hydrogen) atoms. The van der Waals surface area contributed by atoms with Gasteiger partial charge in [0.25, 0.3) is 0 Å². The van der Waals surface area contributed by atoms with Crippen LogP contribution in [0.1, 0.15) is 10.4 Å². The first kappa shape index (κ1) is 11.8. The number of hydrogen-bond donors (Lipinski definition) is 0. The van der Waals surface area contributed by atoms with E-state index in [0.29, 0.717) is 16.3 Å². The number of carbonyl (C=O) groups excluding carboxylic acids is 1. The molecule has 0 saturated heterocycles. The molecule has 0 aliphatic heterocycles. The number of hydrogen-bond acceptors (Lipinski definition) is 2. The zero-order chi connectivity index (χ0) is 7.56. The van der Waals surface area contributed by atoms with Crippen LogP contribution in [0.4, 0.5) is 0 Å². The monoisotopic (exact) mass is 238 g/mol. The third kappa shape index (κ3) is 2.97. The Labute approximate surface area is 116 Å². The standard InChI is InChI=1S/C7H5BrO2.K/c8-7-5(4-9)2-1-3-6(7)10;/h1-4,10H;/q;+1/p-1. The largest absolute Gasteiger partial charge is 1.00 e. The quantitative estimate of drug-likeness (QED) is 0.434. The van der Waals surface area contributed by atoms with Gasteiger partial charge in [-0.05, 0) is 0 Å². The normalized spacial score (nSPS) is 8.45. The predicted molar refractivity (Wildman–Crippen MR) is 39.0 cm³/mol. The van der Waals surface area contributed by atoms with Gasteiger partial charge in [0.15, 0.2) is 6.29 Å². The minimum Gasteiger partial charge on any atom is -0.872 e. The molecule has 0 N–H and O–H groups in total. The van der Waals surface area contributed by atoms with E-state index in [-0.39, 0.29) is 57.1 Å². The molecule has 0 fully saturated rings. The summed E-state index contributed by atoms with van der Waals surface area (Å²) in [4.78, 5) is 10.2. The maximum absolute atomic E-state index is 10.8. The summed E-state index contributed by atoms with van der Waals surface area (Å²) in [6.07, 6.45) is 0.644. The van der Waals surface area contributed by atoms with Crippen molar-refractivity contribution in [3.05, 3.63) is 28.2 Å². The zero-order valence-corrected chi connectivity index (χ0v) is 10.7. The van der Waals surface area contributed by atoms with Gasteiger partial charge < -0.3 is 5.11 Å². The second kappa shape index (κ2) is 5.45. The molecule has 1 aromatic rings. The van der Waals surface area contributed by atoms with Gasteiger partial charge in [0, 0.05) is 10.0 Å². The van der Waals surface area contributed by atoms with Crippen molar-refractivity contribution in [2.24, 2.45) is 0 Å². The molecule has 52 valence electrons. The van der Waals surface area contributed by atoms with Crippen LogP contribution in [0.5, 0.6) is 5.75 Å². The Hall–Kier alpha value is 0.806. The Balaban J connectivity index is 0.000001000. The van der Waals surface area contributed by atoms with Gasteiger partial charge in [0.05, 0.1) is 0 Å². The fraction of sp³-hybridized carbons (Fsp3) is 0. The van der Waals surface area contributed by atoms with E-state index in [2.05, 4.69) is 15.9 Å². The molecule has 0 heterocycles. The van der Waals surface area contributed by atoms with Gasteiger partial charge >= 0.3 is 51.4 Å². The van der Waals surface area contributed by atoms with E-state index in [1.165, 1.54) is 6.07 Å². The maximum atomic E-state index is 10.8. The summed E-state index contributed by atoms with van der Waals surface area (Å²) >= 11 is 3.00. The average molecular weight is 239 g/mol. The minimum atomic E-state index is -0.162. The summed E-state index contributed by atoms with van der Waals surface area (Å²) in [6, 6.07) is 4.53. The Kier molecular flexibility index (Phi) is 5.85. The number of halogens is 1. The zero-order valence-electron chi connectivity index (χ0n) is 6.00. The average Bonchev–Trinajstić information content (AvgIpc) is 1.95. The summed E-state index contributed by atoms with van der Waals surface area (Å²) in [5, 5.41) is 10.8. The Morgan fingerprint density at radius 2 is 2.09 bits per heavy atom. The van der Waals surface area contributed by atoms with E-state index in [9.17, 15) is 9.90 Å². The van der Waals surface area contributed by atoms with E-state index >= 15 is 0 Å². The van der Waals surface area contributed by atoms with Gasteiger partial charge in [-0.1, -0.05) is 39.9 Å². The molecule has 2 nitrogen and oxygen atoms in total. The third-order valence-corrected chi connectivity index (χ3v) is 1.97. The molecule has 0 amide bonds. The number of rotatable bonds is 1. The molecule has 0 unspecified atom stereocenters. The van der Waals surface area contributed by atoms with Crippen LogP contribution in [0, 0.1) is 0 Å². The van der Waals surface area contributed by atoms with Crippen LogP contribution in [-0.4, -0.2) is 6.29 Å². The van der Waals surface area contributed by atoms with Crippen LogP contribution < -0.4 is 56.5 Å². The summed E-state index contributed by atoms with van der Waals surface area (Å²) in [7, 11) is 0. The molecular formula is C7H4BrKO2. The first-order valence-electron chi connectivity index (χ1n) is 2.66. The van der Waals surface area contributed by atoms with Crippen LogP contribution in [0.2, 0.25) is 0 Å². The molecule has 0 aromatic heterocycles. The number of carbonyl (C=O) groups is 1. The Bertz CT molecular complexity index is 263. The van der Waals surface area contributed by atoms with E-state index in [1.54, 1.807) is 12.1 Å². The molecule has 0 aliphatic rings. The van der Waals surface area contributed by atoms with Crippen LogP contribution in [0.25, 0.3) is 0 Å². The van der Waals surface area contributed by atoms with Crippen LogP contribution in [-0.2, 0) is 0 Å². The molecule has 0 aliphatic carbocycles. The fourth-order valence-electron chi connectivity index (χ4n) is 0.619. The van der Waals surface area contributed by atoms with Gasteiger partial charge in [-0.3, -0.25) is 4.79 Å². The summed E-state index contributed by atoms with van der Waals surface area (Å²) in [5.41, 5.74) is 0.396. The molecule has 4 heteroatoms. The second-order valence-electron chi connectivity index (χ2n) is 1.78. The SMILES string of the molecule is O=Cc1cccc([O-])c1Br.[K+]. The first-order chi connectivity index (χ1) is 4.75. The molecule has 1 rings (SSSR count). The van der Waals surface area contributed by atoms with Crippen molar-refractivity contribution in [2.75, 3.05) is 0 Å². The number of aldehydes is 1. The van der Waals surface area contributed by atoms with E-state index < -0.39 is 0 Å². The van der Waals surface area contributed by atoms with Gasteiger partial charge in [-0.25, -0.2) is 0 Å². The Morgan fingerprint density at radius 3 is 2.55 bits per heavy atom. The van der Waals surface area contributed by atoms with Crippen molar-refractivity contribution in [3.63, 3.8) is 0 Å². The predicted octanol–water partition coefficient (Wildman–Crippen LogP) is -1.66. The Morgan fingerprint density at radius 1 is 1.45 bits per heavy atom. The van der Waals surface area contributed by atoms with E-state index in [4.69, 9.17) is 0 Å². The molecule has 0 bridgehead atoms. The fourth-order valence-corrected chi connectivity index (χ4v) is 0.977. The maximum Gasteiger partial charge on any atom is 1.00 e. The molecule has 1 aromatic carbocycles. The number of benzene rings is 1. The van der Waals surface area contributed by atoms with Gasteiger partial charge in [0.2, 0.25) is 0 Å². The van der Waals surface area contributed by atoms with Gasteiger partial charge in [0.1, 0.15) is 0 Å². The molecular weight excluding hydrogens is 235 g/mol. The van der Waals surface area contributed by atoms with Crippen LogP contribution >= 0.6 is 15.9 Å². The van der Waals surface area contributed by atoms with Crippen LogP contribution in [0.3, 0.4) is 0 Å². The summed E-state index contributed by atoms with van der Waals surface area (Å²) < 4.78 is 0.338. The van der Waals surface area contributed by atoms with Crippen molar-refractivity contribution < 1.29 is 61.3 Å². The van der Waals surface area contributed by atoms with E-state index in [0.717, 1.165) is 0 Å². The summed E-state index contributed by atoms with van der Waals surface area (Å²) in [6.45, 7) is 0. The van der Waals surface area contributed by atoms with E-state index in [1.807, 2.05) is 0 Å². The molecule has 0 spiro atoms. The van der Waals surface area contributed by atoms with Crippen molar-refractivity contribution in [1.29, 1.82) is 0 Å². The topological polar surface area (TPSA) is 40.1 Å². The summed E-state index contributed by atoms with van der Waals surface area (Å²) in [5.74, 6) is -0.162. The molecule has 0 radical (unpaired) electrons. The first-order valence-corrected chi connectivity index (χ1v) is 3.45.